The van der Waals surface area contributed by atoms with Gasteiger partial charge in [-0.1, -0.05) is 148 Å². The number of nitrogens with one attached hydrogen (secondary N) is 2. The summed E-state index contributed by atoms with van der Waals surface area (Å²) in [6.45, 7) is 6.10. The van der Waals surface area contributed by atoms with Crippen molar-refractivity contribution in [3.8, 4) is 0 Å². The molecule has 0 aliphatic carbocycles. The average molecular weight is 516 g/mol. The number of hydrogen-bond donors (Lipinski definition) is 2. The maximum absolute atomic E-state index is 13.0. The van der Waals surface area contributed by atoms with Crippen LogP contribution in [0.15, 0.2) is 60.7 Å². The fourth-order valence-corrected chi connectivity index (χ4v) is 4.95. The molecule has 2 aromatic rings. The molecule has 0 saturated carbocycles. The van der Waals surface area contributed by atoms with Gasteiger partial charge in [0.2, 0.25) is 0 Å². The number of rotatable bonds is 22. The van der Waals surface area contributed by atoms with E-state index in [0.29, 0.717) is 0 Å². The van der Waals surface area contributed by atoms with Gasteiger partial charge in [0.25, 0.3) is 0 Å². The van der Waals surface area contributed by atoms with Crippen molar-refractivity contribution < 1.29 is 13.6 Å². The summed E-state index contributed by atoms with van der Waals surface area (Å²) in [5.41, 5.74) is 1.90. The van der Waals surface area contributed by atoms with Crippen LogP contribution in [-0.4, -0.2) is 13.1 Å². The van der Waals surface area contributed by atoms with Gasteiger partial charge in [-0.3, -0.25) is 10.6 Å². The van der Waals surface area contributed by atoms with Crippen molar-refractivity contribution in [2.45, 2.75) is 103 Å². The Morgan fingerprint density at radius 3 is 1.33 bits per heavy atom. The van der Waals surface area contributed by atoms with Crippen LogP contribution in [0.5, 0.6) is 0 Å². The highest BCUT2D eigenvalue weighted by atomic mass is 31.1. The van der Waals surface area contributed by atoms with Gasteiger partial charge >= 0.3 is 8.25 Å². The zero-order valence-corrected chi connectivity index (χ0v) is 23.4. The molecule has 0 heterocycles. The van der Waals surface area contributed by atoms with Gasteiger partial charge in [-0.05, 0) is 25.9 Å². The molecule has 5 nitrogen and oxygen atoms in total. The third-order valence-corrected chi connectivity index (χ3v) is 7.07. The quantitative estimate of drug-likeness (QED) is 0.0931. The molecule has 2 atom stereocenters. The molecule has 0 radical (unpaired) electrons. The van der Waals surface area contributed by atoms with E-state index in [4.69, 9.17) is 9.05 Å². The van der Waals surface area contributed by atoms with E-state index in [2.05, 4.69) is 24.5 Å². The van der Waals surface area contributed by atoms with E-state index < -0.39 is 20.7 Å². The topological polar surface area (TPSA) is 59.6 Å². The fraction of sp³-hybridized carbons (Fsp3) is 0.600. The van der Waals surface area contributed by atoms with Crippen LogP contribution in [0.2, 0.25) is 0 Å². The lowest BCUT2D eigenvalue weighted by Gasteiger charge is -2.16. The largest absolute Gasteiger partial charge is 0.701 e. The van der Waals surface area contributed by atoms with Gasteiger partial charge in [-0.25, -0.2) is 0 Å². The Morgan fingerprint density at radius 1 is 0.583 bits per heavy atom. The van der Waals surface area contributed by atoms with Crippen LogP contribution in [0.1, 0.15) is 114 Å². The molecule has 0 aliphatic rings. The Morgan fingerprint density at radius 2 is 0.944 bits per heavy atom. The van der Waals surface area contributed by atoms with Crippen LogP contribution in [0, 0.1) is 0 Å². The van der Waals surface area contributed by atoms with Gasteiger partial charge < -0.3 is 0 Å². The maximum Gasteiger partial charge on any atom is 0.701 e. The first-order valence-electron chi connectivity index (χ1n) is 14.1. The molecule has 6 heteroatoms. The maximum atomic E-state index is 13.0. The van der Waals surface area contributed by atoms with Crippen LogP contribution in [0.4, 0.5) is 0 Å². The molecule has 2 rings (SSSR count). The summed E-state index contributed by atoms with van der Waals surface area (Å²) in [4.78, 5) is 0. The van der Waals surface area contributed by atoms with Gasteiger partial charge in [0.15, 0.2) is 12.5 Å². The highest BCUT2D eigenvalue weighted by molar-refractivity contribution is 7.33. The van der Waals surface area contributed by atoms with E-state index in [1.54, 1.807) is 0 Å². The van der Waals surface area contributed by atoms with E-state index in [9.17, 15) is 4.57 Å². The van der Waals surface area contributed by atoms with E-state index in [-0.39, 0.29) is 0 Å². The predicted octanol–water partition coefficient (Wildman–Crippen LogP) is 8.97. The zero-order chi connectivity index (χ0) is 25.7. The minimum absolute atomic E-state index is 0.472. The van der Waals surface area contributed by atoms with Crippen molar-refractivity contribution in [3.63, 3.8) is 0 Å². The lowest BCUT2D eigenvalue weighted by atomic mass is 10.1. The minimum Gasteiger partial charge on any atom is -0.284 e. The minimum atomic E-state index is -2.35. The monoisotopic (exact) mass is 515 g/mol. The second kappa shape index (κ2) is 20.4. The van der Waals surface area contributed by atoms with Gasteiger partial charge in [0.05, 0.1) is 0 Å². The molecule has 0 aliphatic heterocycles. The Labute approximate surface area is 220 Å². The van der Waals surface area contributed by atoms with E-state index in [1.165, 1.54) is 64.2 Å². The van der Waals surface area contributed by atoms with Crippen molar-refractivity contribution in [1.29, 1.82) is 0 Å². The fourth-order valence-electron chi connectivity index (χ4n) is 4.16. The molecule has 2 unspecified atom stereocenters. The van der Waals surface area contributed by atoms with Gasteiger partial charge in [-0.15, -0.1) is 0 Å². The summed E-state index contributed by atoms with van der Waals surface area (Å²) in [5, 5.41) is 6.88. The van der Waals surface area contributed by atoms with Crippen molar-refractivity contribution in [2.24, 2.45) is 0 Å². The zero-order valence-electron chi connectivity index (χ0n) is 22.5. The molecule has 0 fully saturated rings. The van der Waals surface area contributed by atoms with Crippen LogP contribution < -0.4 is 10.6 Å². The van der Waals surface area contributed by atoms with Gasteiger partial charge in [0, 0.05) is 15.7 Å². The van der Waals surface area contributed by atoms with Gasteiger partial charge in [-0.2, -0.15) is 0 Å². The van der Waals surface area contributed by atoms with E-state index in [0.717, 1.165) is 37.1 Å². The normalized spacial score (nSPS) is 13.4. The Bertz CT molecular complexity index is 726. The molecule has 0 amide bonds. The van der Waals surface area contributed by atoms with Crippen LogP contribution in [0.3, 0.4) is 0 Å². The van der Waals surface area contributed by atoms with Crippen molar-refractivity contribution in [1.82, 2.24) is 10.6 Å². The van der Waals surface area contributed by atoms with E-state index in [1.807, 2.05) is 60.7 Å². The molecule has 0 spiro atoms. The first-order valence-corrected chi connectivity index (χ1v) is 15.2. The highest BCUT2D eigenvalue weighted by Gasteiger charge is 2.33. The van der Waals surface area contributed by atoms with Crippen molar-refractivity contribution in [3.05, 3.63) is 71.8 Å². The lowest BCUT2D eigenvalue weighted by molar-refractivity contribution is 0.0971. The third-order valence-electron chi connectivity index (χ3n) is 6.31. The summed E-state index contributed by atoms with van der Waals surface area (Å²) >= 11 is 0. The number of hydrogen-bond acceptors (Lipinski definition) is 5. The van der Waals surface area contributed by atoms with Crippen LogP contribution in [-0.2, 0) is 13.6 Å². The van der Waals surface area contributed by atoms with Crippen molar-refractivity contribution in [2.75, 3.05) is 13.1 Å². The molecule has 36 heavy (non-hydrogen) atoms. The van der Waals surface area contributed by atoms with E-state index >= 15 is 0 Å². The standard InChI is InChI=1S/C30H48N2O3P/c1-3-5-7-9-11-19-25-31-29(27-21-15-13-16-22-27)34-36(33)35-30(28-23-17-14-18-24-28)32-26-20-12-10-8-6-4-2/h13-18,21-24,29-32H,3-12,19-20,25-26H2,1-2H3/q+1. The lowest BCUT2D eigenvalue weighted by Crippen LogP contribution is -2.25. The Hall–Kier alpha value is -1.62. The molecular formula is C30H48N2O3P+. The van der Waals surface area contributed by atoms with Crippen LogP contribution in [0.25, 0.3) is 0 Å². The molecule has 0 bridgehead atoms. The first-order chi connectivity index (χ1) is 17.7. The SMILES string of the molecule is CCCCCCCCNC(O[P+](=O)OC(NCCCCCCCC)c1ccccc1)c1ccccc1. The molecule has 0 aromatic heterocycles. The second-order valence-electron chi connectivity index (χ2n) is 9.46. The summed E-state index contributed by atoms with van der Waals surface area (Å²) in [6, 6.07) is 19.8. The molecule has 0 saturated heterocycles. The predicted molar refractivity (Wildman–Crippen MR) is 151 cm³/mol. The summed E-state index contributed by atoms with van der Waals surface area (Å²) in [6.07, 6.45) is 13.8. The molecule has 2 aromatic carbocycles. The highest BCUT2D eigenvalue weighted by Crippen LogP contribution is 2.36. The summed E-state index contributed by atoms with van der Waals surface area (Å²) in [5.74, 6) is 0. The summed E-state index contributed by atoms with van der Waals surface area (Å²) < 4.78 is 24.9. The number of benzene rings is 2. The molecule has 2 N–H and O–H groups in total. The smallest absolute Gasteiger partial charge is 0.284 e. The third kappa shape index (κ3) is 13.6. The van der Waals surface area contributed by atoms with Gasteiger partial charge in [0.1, 0.15) is 0 Å². The average Bonchev–Trinajstić information content (AvgIpc) is 2.91. The Balaban J connectivity index is 1.89. The summed E-state index contributed by atoms with van der Waals surface area (Å²) in [7, 11) is -2.35. The van der Waals surface area contributed by atoms with Crippen LogP contribution >= 0.6 is 8.25 Å². The first kappa shape index (κ1) is 30.6. The molecule has 200 valence electrons. The molecular weight excluding hydrogens is 467 g/mol. The Kier molecular flexibility index (Phi) is 17.4. The number of unbranched alkanes of at least 4 members (excludes halogenated alkanes) is 10. The second-order valence-corrected chi connectivity index (χ2v) is 10.3. The van der Waals surface area contributed by atoms with Crippen molar-refractivity contribution >= 4 is 8.25 Å².